The van der Waals surface area contributed by atoms with Crippen LogP contribution < -0.4 is 15.5 Å². The molecule has 0 radical (unpaired) electrons. The van der Waals surface area contributed by atoms with Crippen LogP contribution in [0.15, 0.2) is 102 Å². The number of carbonyl (C=O) groups is 2. The van der Waals surface area contributed by atoms with Gasteiger partial charge in [-0.05, 0) is 64.9 Å². The van der Waals surface area contributed by atoms with Gasteiger partial charge in [-0.25, -0.2) is 10.2 Å². The van der Waals surface area contributed by atoms with E-state index in [9.17, 15) is 9.59 Å². The summed E-state index contributed by atoms with van der Waals surface area (Å²) >= 11 is 0. The van der Waals surface area contributed by atoms with E-state index in [1.165, 1.54) is 6.21 Å². The highest BCUT2D eigenvalue weighted by molar-refractivity contribution is 5.91. The first-order chi connectivity index (χ1) is 15.7. The molecule has 0 bridgehead atoms. The van der Waals surface area contributed by atoms with Gasteiger partial charge in [0.2, 0.25) is 0 Å². The predicted molar refractivity (Wildman–Crippen MR) is 126 cm³/mol. The second-order valence-electron chi connectivity index (χ2n) is 7.03. The number of carbonyl (C=O) groups excluding carboxylic acids is 2. The van der Waals surface area contributed by atoms with Gasteiger partial charge in [-0.3, -0.25) is 4.79 Å². The zero-order valence-corrected chi connectivity index (χ0v) is 17.2. The zero-order chi connectivity index (χ0) is 22.2. The molecule has 0 aliphatic rings. The second-order valence-corrected chi connectivity index (χ2v) is 7.03. The topological polar surface area (TPSA) is 79.8 Å². The highest BCUT2D eigenvalue weighted by atomic mass is 16.5. The van der Waals surface area contributed by atoms with Gasteiger partial charge in [-0.1, -0.05) is 48.5 Å². The van der Waals surface area contributed by atoms with Crippen LogP contribution in [0.4, 0.5) is 5.69 Å². The maximum atomic E-state index is 12.1. The first-order valence-corrected chi connectivity index (χ1v) is 10.1. The highest BCUT2D eigenvalue weighted by Gasteiger charge is 2.07. The van der Waals surface area contributed by atoms with Crippen LogP contribution in [0.2, 0.25) is 0 Å². The Morgan fingerprint density at radius 1 is 0.812 bits per heavy atom. The Bertz CT molecular complexity index is 1250. The van der Waals surface area contributed by atoms with Crippen LogP contribution in [0.25, 0.3) is 10.8 Å². The molecule has 0 spiro atoms. The molecule has 0 saturated carbocycles. The number of fused-ring (bicyclic) bond motifs is 1. The van der Waals surface area contributed by atoms with Gasteiger partial charge in [-0.15, -0.1) is 0 Å². The number of rotatable bonds is 7. The lowest BCUT2D eigenvalue weighted by Gasteiger charge is -2.07. The summed E-state index contributed by atoms with van der Waals surface area (Å²) in [6.45, 7) is 0.101. The van der Waals surface area contributed by atoms with E-state index in [1.54, 1.807) is 48.5 Å². The van der Waals surface area contributed by atoms with E-state index in [0.29, 0.717) is 11.3 Å². The van der Waals surface area contributed by atoms with Gasteiger partial charge in [0.15, 0.2) is 0 Å². The van der Waals surface area contributed by atoms with Crippen LogP contribution >= 0.6 is 0 Å². The Labute approximate surface area is 185 Å². The fourth-order valence-electron chi connectivity index (χ4n) is 3.06. The largest absolute Gasteiger partial charge is 0.423 e. The number of hydrogen-bond donors (Lipinski definition) is 2. The molecule has 0 unspecified atom stereocenters. The third-order valence-electron chi connectivity index (χ3n) is 4.71. The zero-order valence-electron chi connectivity index (χ0n) is 17.2. The van der Waals surface area contributed by atoms with Crippen molar-refractivity contribution in [2.45, 2.75) is 0 Å². The third-order valence-corrected chi connectivity index (χ3v) is 4.71. The SMILES string of the molecule is O=C(CNc1ccc2ccccc2c1)N/N=C/c1ccc(OC(=O)c2ccccc2)cc1. The van der Waals surface area contributed by atoms with E-state index >= 15 is 0 Å². The number of amides is 1. The Kier molecular flexibility index (Phi) is 6.53. The van der Waals surface area contributed by atoms with Crippen LogP contribution in [0.3, 0.4) is 0 Å². The molecule has 0 heterocycles. The van der Waals surface area contributed by atoms with E-state index in [-0.39, 0.29) is 12.5 Å². The Morgan fingerprint density at radius 3 is 2.31 bits per heavy atom. The Morgan fingerprint density at radius 2 is 1.53 bits per heavy atom. The van der Waals surface area contributed by atoms with Crippen LogP contribution in [-0.4, -0.2) is 24.6 Å². The van der Waals surface area contributed by atoms with Crippen LogP contribution in [0.5, 0.6) is 5.75 Å². The first-order valence-electron chi connectivity index (χ1n) is 10.1. The number of hydrazone groups is 1. The molecule has 0 saturated heterocycles. The van der Waals surface area contributed by atoms with Gasteiger partial charge >= 0.3 is 5.97 Å². The molecule has 0 atom stereocenters. The molecule has 4 rings (SSSR count). The molecule has 2 N–H and O–H groups in total. The second kappa shape index (κ2) is 10.0. The molecule has 0 fully saturated rings. The molecule has 4 aromatic carbocycles. The number of benzene rings is 4. The van der Waals surface area contributed by atoms with Gasteiger partial charge in [-0.2, -0.15) is 5.10 Å². The van der Waals surface area contributed by atoms with Crippen molar-refractivity contribution in [3.05, 3.63) is 108 Å². The van der Waals surface area contributed by atoms with Crippen molar-refractivity contribution < 1.29 is 14.3 Å². The van der Waals surface area contributed by atoms with Crippen LogP contribution in [0.1, 0.15) is 15.9 Å². The van der Waals surface area contributed by atoms with E-state index in [1.807, 2.05) is 48.5 Å². The lowest BCUT2D eigenvalue weighted by Crippen LogP contribution is -2.25. The number of hydrogen-bond acceptors (Lipinski definition) is 5. The number of nitrogens with zero attached hydrogens (tertiary/aromatic N) is 1. The molecule has 0 aliphatic carbocycles. The van der Waals surface area contributed by atoms with Crippen LogP contribution in [-0.2, 0) is 4.79 Å². The third kappa shape index (κ3) is 5.58. The van der Waals surface area contributed by atoms with Crippen molar-refractivity contribution in [2.24, 2.45) is 5.10 Å². The lowest BCUT2D eigenvalue weighted by atomic mass is 10.1. The van der Waals surface area contributed by atoms with Gasteiger partial charge in [0, 0.05) is 5.69 Å². The quantitative estimate of drug-likeness (QED) is 0.197. The van der Waals surface area contributed by atoms with E-state index < -0.39 is 5.97 Å². The molecule has 6 heteroatoms. The summed E-state index contributed by atoms with van der Waals surface area (Å²) in [5.74, 6) is -0.249. The fraction of sp³-hybridized carbons (Fsp3) is 0.0385. The van der Waals surface area contributed by atoms with Crippen molar-refractivity contribution in [2.75, 3.05) is 11.9 Å². The van der Waals surface area contributed by atoms with Crippen molar-refractivity contribution >= 4 is 34.6 Å². The summed E-state index contributed by atoms with van der Waals surface area (Å²) in [7, 11) is 0. The Hall–Kier alpha value is -4.45. The maximum Gasteiger partial charge on any atom is 0.343 e. The maximum absolute atomic E-state index is 12.1. The number of ether oxygens (including phenoxy) is 1. The highest BCUT2D eigenvalue weighted by Crippen LogP contribution is 2.18. The van der Waals surface area contributed by atoms with Gasteiger partial charge in [0.1, 0.15) is 5.75 Å². The Balaban J connectivity index is 1.25. The molecular weight excluding hydrogens is 402 g/mol. The minimum Gasteiger partial charge on any atom is -0.423 e. The lowest BCUT2D eigenvalue weighted by molar-refractivity contribution is -0.119. The number of esters is 1. The number of anilines is 1. The van der Waals surface area contributed by atoms with Gasteiger partial charge in [0.25, 0.3) is 5.91 Å². The summed E-state index contributed by atoms with van der Waals surface area (Å²) in [4.78, 5) is 24.1. The fourth-order valence-corrected chi connectivity index (χ4v) is 3.06. The summed E-state index contributed by atoms with van der Waals surface area (Å²) in [5.41, 5.74) is 4.60. The average Bonchev–Trinajstić information content (AvgIpc) is 2.84. The molecule has 158 valence electrons. The van der Waals surface area contributed by atoms with E-state index in [4.69, 9.17) is 4.74 Å². The summed E-state index contributed by atoms with van der Waals surface area (Å²) in [6.07, 6.45) is 1.52. The average molecular weight is 423 g/mol. The monoisotopic (exact) mass is 423 g/mol. The smallest absolute Gasteiger partial charge is 0.343 e. The molecule has 1 amide bonds. The molecule has 0 aliphatic heterocycles. The summed E-state index contributed by atoms with van der Waals surface area (Å²) < 4.78 is 5.34. The molecular formula is C26H21N3O3. The molecule has 32 heavy (non-hydrogen) atoms. The predicted octanol–water partition coefficient (Wildman–Crippen LogP) is 4.62. The summed E-state index contributed by atoms with van der Waals surface area (Å²) in [6, 6.07) is 29.6. The van der Waals surface area contributed by atoms with Crippen molar-refractivity contribution in [3.63, 3.8) is 0 Å². The summed E-state index contributed by atoms with van der Waals surface area (Å²) in [5, 5.41) is 9.31. The van der Waals surface area contributed by atoms with Crippen LogP contribution in [0, 0.1) is 0 Å². The van der Waals surface area contributed by atoms with Crippen molar-refractivity contribution in [1.29, 1.82) is 0 Å². The van der Waals surface area contributed by atoms with Crippen molar-refractivity contribution in [3.8, 4) is 5.75 Å². The molecule has 0 aromatic heterocycles. The van der Waals surface area contributed by atoms with Gasteiger partial charge < -0.3 is 10.1 Å². The van der Waals surface area contributed by atoms with E-state index in [2.05, 4.69) is 15.8 Å². The molecule has 6 nitrogen and oxygen atoms in total. The first kappa shape index (κ1) is 20.8. The minimum atomic E-state index is -0.418. The van der Waals surface area contributed by atoms with Crippen molar-refractivity contribution in [1.82, 2.24) is 5.43 Å². The van der Waals surface area contributed by atoms with Gasteiger partial charge in [0.05, 0.1) is 18.3 Å². The van der Waals surface area contributed by atoms with E-state index in [0.717, 1.165) is 22.0 Å². The normalized spacial score (nSPS) is 10.8. The molecule has 4 aromatic rings. The standard InChI is InChI=1S/C26H21N3O3/c30-25(18-27-23-13-12-20-6-4-5-9-22(20)16-23)29-28-17-19-10-14-24(15-11-19)32-26(31)21-7-2-1-3-8-21/h1-17,27H,18H2,(H,29,30)/b28-17+. The minimum absolute atomic E-state index is 0.101. The number of nitrogens with one attached hydrogen (secondary N) is 2.